The van der Waals surface area contributed by atoms with Gasteiger partial charge in [-0.2, -0.15) is 0 Å². The van der Waals surface area contributed by atoms with Crippen molar-refractivity contribution in [1.82, 2.24) is 4.90 Å². The second-order valence-corrected chi connectivity index (χ2v) is 5.35. The molecular formula is C19H19NO5. The molecule has 0 saturated carbocycles. The highest BCUT2D eigenvalue weighted by molar-refractivity contribution is 6.11. The van der Waals surface area contributed by atoms with Gasteiger partial charge in [-0.25, -0.2) is 0 Å². The van der Waals surface area contributed by atoms with Crippen LogP contribution in [-0.4, -0.2) is 50.4 Å². The number of amides is 1. The van der Waals surface area contributed by atoms with Crippen LogP contribution in [0.3, 0.4) is 0 Å². The van der Waals surface area contributed by atoms with E-state index in [0.29, 0.717) is 22.4 Å². The molecule has 0 N–H and O–H groups in total. The summed E-state index contributed by atoms with van der Waals surface area (Å²) in [6.45, 7) is -0.164. The van der Waals surface area contributed by atoms with Gasteiger partial charge < -0.3 is 14.4 Å². The molecule has 25 heavy (non-hydrogen) atoms. The standard InChI is InChI=1S/C19H19NO5/c1-20(12-17(21)25-3)19(23)14-9-10-15(16(11-14)24-2)18(22)13-7-5-4-6-8-13/h4-11H,12H2,1-3H3. The average Bonchev–Trinajstić information content (AvgIpc) is 2.66. The van der Waals surface area contributed by atoms with Crippen LogP contribution >= 0.6 is 0 Å². The van der Waals surface area contributed by atoms with Crippen LogP contribution in [0, 0.1) is 0 Å². The van der Waals surface area contributed by atoms with Gasteiger partial charge in [-0.05, 0) is 18.2 Å². The van der Waals surface area contributed by atoms with Gasteiger partial charge in [0.25, 0.3) is 5.91 Å². The third kappa shape index (κ3) is 4.23. The number of carbonyl (C=O) groups excluding carboxylic acids is 3. The number of hydrogen-bond acceptors (Lipinski definition) is 5. The van der Waals surface area contributed by atoms with Gasteiger partial charge in [-0.3, -0.25) is 14.4 Å². The first-order valence-corrected chi connectivity index (χ1v) is 7.58. The predicted octanol–water partition coefficient (Wildman–Crippen LogP) is 2.17. The molecule has 2 rings (SSSR count). The minimum atomic E-state index is -0.515. The van der Waals surface area contributed by atoms with E-state index in [4.69, 9.17) is 4.74 Å². The molecule has 0 aliphatic heterocycles. The first kappa shape index (κ1) is 18.2. The SMILES string of the molecule is COC(=O)CN(C)C(=O)c1ccc(C(=O)c2ccccc2)c(OC)c1. The summed E-state index contributed by atoms with van der Waals surface area (Å²) in [7, 11) is 4.19. The van der Waals surface area contributed by atoms with Gasteiger partial charge in [0.1, 0.15) is 12.3 Å². The van der Waals surface area contributed by atoms with Crippen molar-refractivity contribution < 1.29 is 23.9 Å². The van der Waals surface area contributed by atoms with Crippen molar-refractivity contribution in [2.24, 2.45) is 0 Å². The monoisotopic (exact) mass is 341 g/mol. The zero-order valence-electron chi connectivity index (χ0n) is 14.3. The van der Waals surface area contributed by atoms with Crippen LogP contribution in [0.4, 0.5) is 0 Å². The van der Waals surface area contributed by atoms with Crippen LogP contribution in [0.25, 0.3) is 0 Å². The normalized spacial score (nSPS) is 10.0. The van der Waals surface area contributed by atoms with Crippen LogP contribution in [0.15, 0.2) is 48.5 Å². The molecule has 0 spiro atoms. The lowest BCUT2D eigenvalue weighted by Gasteiger charge is -2.17. The average molecular weight is 341 g/mol. The Morgan fingerprint density at radius 3 is 2.24 bits per heavy atom. The largest absolute Gasteiger partial charge is 0.496 e. The summed E-state index contributed by atoms with van der Waals surface area (Å²) in [5.74, 6) is -0.786. The molecule has 0 heterocycles. The lowest BCUT2D eigenvalue weighted by Crippen LogP contribution is -2.32. The van der Waals surface area contributed by atoms with Gasteiger partial charge in [0.2, 0.25) is 0 Å². The van der Waals surface area contributed by atoms with Gasteiger partial charge in [0.05, 0.1) is 19.8 Å². The van der Waals surface area contributed by atoms with E-state index in [1.54, 1.807) is 30.3 Å². The van der Waals surface area contributed by atoms with Crippen molar-refractivity contribution in [3.8, 4) is 5.75 Å². The van der Waals surface area contributed by atoms with Crippen LogP contribution in [0.2, 0.25) is 0 Å². The summed E-state index contributed by atoms with van der Waals surface area (Å²) in [6, 6.07) is 13.4. The van der Waals surface area contributed by atoms with Gasteiger partial charge in [-0.1, -0.05) is 30.3 Å². The number of benzene rings is 2. The number of esters is 1. The van der Waals surface area contributed by atoms with Crippen molar-refractivity contribution in [3.05, 3.63) is 65.2 Å². The molecule has 0 fully saturated rings. The molecule has 0 unspecified atom stereocenters. The summed E-state index contributed by atoms with van der Waals surface area (Å²) >= 11 is 0. The highest BCUT2D eigenvalue weighted by atomic mass is 16.5. The van der Waals surface area contributed by atoms with Crippen LogP contribution in [-0.2, 0) is 9.53 Å². The number of ether oxygens (including phenoxy) is 2. The Morgan fingerprint density at radius 2 is 1.64 bits per heavy atom. The Labute approximate surface area is 146 Å². The van der Waals surface area contributed by atoms with Gasteiger partial charge >= 0.3 is 5.97 Å². The molecule has 0 saturated heterocycles. The van der Waals surface area contributed by atoms with E-state index in [9.17, 15) is 14.4 Å². The maximum absolute atomic E-state index is 12.6. The van der Waals surface area contributed by atoms with E-state index < -0.39 is 5.97 Å². The Bertz CT molecular complexity index is 786. The zero-order valence-corrected chi connectivity index (χ0v) is 14.3. The molecule has 130 valence electrons. The first-order valence-electron chi connectivity index (χ1n) is 7.58. The Morgan fingerprint density at radius 1 is 0.960 bits per heavy atom. The van der Waals surface area contributed by atoms with E-state index in [-0.39, 0.29) is 18.2 Å². The Kier molecular flexibility index (Phi) is 5.89. The topological polar surface area (TPSA) is 72.9 Å². The molecule has 0 bridgehead atoms. The predicted molar refractivity (Wildman–Crippen MR) is 91.8 cm³/mol. The summed E-state index contributed by atoms with van der Waals surface area (Å²) < 4.78 is 9.83. The lowest BCUT2D eigenvalue weighted by atomic mass is 10.0. The molecule has 6 nitrogen and oxygen atoms in total. The van der Waals surface area contributed by atoms with Crippen LogP contribution in [0.1, 0.15) is 26.3 Å². The molecule has 0 atom stereocenters. The summed E-state index contributed by atoms with van der Waals surface area (Å²) in [5, 5.41) is 0. The summed E-state index contributed by atoms with van der Waals surface area (Å²) in [6.07, 6.45) is 0. The van der Waals surface area contributed by atoms with Crippen LogP contribution in [0.5, 0.6) is 5.75 Å². The fourth-order valence-corrected chi connectivity index (χ4v) is 2.31. The maximum atomic E-state index is 12.6. The fraction of sp³-hybridized carbons (Fsp3) is 0.211. The summed E-state index contributed by atoms with van der Waals surface area (Å²) in [5.41, 5.74) is 1.21. The van der Waals surface area contributed by atoms with Crippen molar-refractivity contribution in [1.29, 1.82) is 0 Å². The number of ketones is 1. The molecule has 0 aliphatic carbocycles. The minimum Gasteiger partial charge on any atom is -0.496 e. The van der Waals surface area contributed by atoms with Crippen molar-refractivity contribution in [3.63, 3.8) is 0 Å². The maximum Gasteiger partial charge on any atom is 0.325 e. The molecule has 2 aromatic rings. The van der Waals surface area contributed by atoms with Crippen molar-refractivity contribution in [2.75, 3.05) is 27.8 Å². The fourth-order valence-electron chi connectivity index (χ4n) is 2.31. The van der Waals surface area contributed by atoms with E-state index in [1.165, 1.54) is 38.3 Å². The van der Waals surface area contributed by atoms with E-state index in [0.717, 1.165) is 0 Å². The molecule has 0 radical (unpaired) electrons. The quantitative estimate of drug-likeness (QED) is 0.595. The van der Waals surface area contributed by atoms with Crippen LogP contribution < -0.4 is 4.74 Å². The number of rotatable bonds is 6. The number of likely N-dealkylation sites (N-methyl/N-ethyl adjacent to an activating group) is 1. The minimum absolute atomic E-state index is 0.164. The third-order valence-corrected chi connectivity index (χ3v) is 3.67. The molecular weight excluding hydrogens is 322 g/mol. The van der Waals surface area contributed by atoms with E-state index in [1.807, 2.05) is 6.07 Å². The summed E-state index contributed by atoms with van der Waals surface area (Å²) in [4.78, 5) is 37.5. The lowest BCUT2D eigenvalue weighted by molar-refractivity contribution is -0.141. The zero-order chi connectivity index (χ0) is 18.4. The molecule has 0 aliphatic rings. The van der Waals surface area contributed by atoms with Gasteiger partial charge in [0, 0.05) is 18.2 Å². The van der Waals surface area contributed by atoms with E-state index >= 15 is 0 Å². The number of nitrogens with zero attached hydrogens (tertiary/aromatic N) is 1. The molecule has 6 heteroatoms. The highest BCUT2D eigenvalue weighted by Gasteiger charge is 2.19. The Hall–Kier alpha value is -3.15. The van der Waals surface area contributed by atoms with Crippen molar-refractivity contribution in [2.45, 2.75) is 0 Å². The Balaban J connectivity index is 2.29. The number of hydrogen-bond donors (Lipinski definition) is 0. The molecule has 1 amide bonds. The van der Waals surface area contributed by atoms with Crippen molar-refractivity contribution >= 4 is 17.7 Å². The second kappa shape index (κ2) is 8.10. The third-order valence-electron chi connectivity index (χ3n) is 3.67. The second-order valence-electron chi connectivity index (χ2n) is 5.35. The smallest absolute Gasteiger partial charge is 0.325 e. The molecule has 0 aromatic heterocycles. The number of methoxy groups -OCH3 is 2. The van der Waals surface area contributed by atoms with Gasteiger partial charge in [-0.15, -0.1) is 0 Å². The van der Waals surface area contributed by atoms with Gasteiger partial charge in [0.15, 0.2) is 5.78 Å². The highest BCUT2D eigenvalue weighted by Crippen LogP contribution is 2.24. The first-order chi connectivity index (χ1) is 12.0. The molecule has 2 aromatic carbocycles. The number of carbonyl (C=O) groups is 3. The van der Waals surface area contributed by atoms with E-state index in [2.05, 4.69) is 4.74 Å².